The van der Waals surface area contributed by atoms with Gasteiger partial charge in [-0.2, -0.15) is 0 Å². The fourth-order valence-electron chi connectivity index (χ4n) is 3.34. The van der Waals surface area contributed by atoms with Crippen molar-refractivity contribution in [2.75, 3.05) is 33.5 Å². The van der Waals surface area contributed by atoms with Crippen LogP contribution in [0.1, 0.15) is 31.7 Å². The number of piperidine rings is 1. The van der Waals surface area contributed by atoms with Crippen molar-refractivity contribution in [3.63, 3.8) is 0 Å². The molecule has 26 heavy (non-hydrogen) atoms. The smallest absolute Gasteiger partial charge is 0.231 e. The summed E-state index contributed by atoms with van der Waals surface area (Å²) in [4.78, 5) is 18.6. The molecule has 2 aliphatic heterocycles. The Morgan fingerprint density at radius 2 is 2.04 bits per heavy atom. The van der Waals surface area contributed by atoms with Crippen LogP contribution in [0.3, 0.4) is 0 Å². The molecule has 1 saturated heterocycles. The number of carbonyl (C=O) groups is 1. The van der Waals surface area contributed by atoms with Gasteiger partial charge in [-0.05, 0) is 43.4 Å². The van der Waals surface area contributed by atoms with Crippen molar-refractivity contribution in [1.82, 2.24) is 15.5 Å². The van der Waals surface area contributed by atoms with Crippen LogP contribution < -0.4 is 20.1 Å². The predicted molar refractivity (Wildman–Crippen MR) is 100 cm³/mol. The second-order valence-corrected chi connectivity index (χ2v) is 6.67. The van der Waals surface area contributed by atoms with Crippen molar-refractivity contribution in [3.8, 4) is 11.5 Å². The molecule has 1 amide bonds. The number of carbonyl (C=O) groups excluding carboxylic acids is 1. The summed E-state index contributed by atoms with van der Waals surface area (Å²) in [6.07, 6.45) is 2.65. The summed E-state index contributed by atoms with van der Waals surface area (Å²) < 4.78 is 10.8. The summed E-state index contributed by atoms with van der Waals surface area (Å²) in [5, 5.41) is 6.10. The van der Waals surface area contributed by atoms with Gasteiger partial charge in [-0.25, -0.2) is 4.99 Å². The molecule has 3 rings (SSSR count). The van der Waals surface area contributed by atoms with Gasteiger partial charge in [-0.15, -0.1) is 0 Å². The van der Waals surface area contributed by atoms with Gasteiger partial charge >= 0.3 is 0 Å². The van der Waals surface area contributed by atoms with Crippen LogP contribution >= 0.6 is 0 Å². The zero-order valence-electron chi connectivity index (χ0n) is 15.6. The van der Waals surface area contributed by atoms with Gasteiger partial charge < -0.3 is 25.0 Å². The number of hydrogen-bond donors (Lipinski definition) is 2. The SMILES string of the molecule is CCNC(=NCc1ccc2c(c1)OCO2)N1CCC(CC(=O)NC)CC1. The van der Waals surface area contributed by atoms with Gasteiger partial charge in [-0.1, -0.05) is 6.07 Å². The maximum Gasteiger partial charge on any atom is 0.231 e. The normalized spacial score (nSPS) is 17.3. The molecule has 142 valence electrons. The first-order valence-electron chi connectivity index (χ1n) is 9.32. The summed E-state index contributed by atoms with van der Waals surface area (Å²) in [7, 11) is 1.70. The maximum atomic E-state index is 11.6. The minimum absolute atomic E-state index is 0.131. The Kier molecular flexibility index (Phi) is 6.20. The third-order valence-corrected chi connectivity index (χ3v) is 4.85. The molecule has 0 aromatic heterocycles. The van der Waals surface area contributed by atoms with Crippen LogP contribution in [0, 0.1) is 5.92 Å². The number of rotatable bonds is 5. The van der Waals surface area contributed by atoms with Crippen LogP contribution in [0.4, 0.5) is 0 Å². The predicted octanol–water partition coefficient (Wildman–Crippen LogP) is 1.73. The van der Waals surface area contributed by atoms with Gasteiger partial charge in [0.15, 0.2) is 17.5 Å². The fourth-order valence-corrected chi connectivity index (χ4v) is 3.34. The van der Waals surface area contributed by atoms with Crippen molar-refractivity contribution in [2.24, 2.45) is 10.9 Å². The molecule has 2 N–H and O–H groups in total. The highest BCUT2D eigenvalue weighted by Gasteiger charge is 2.23. The Morgan fingerprint density at radius 3 is 2.77 bits per heavy atom. The zero-order valence-corrected chi connectivity index (χ0v) is 15.6. The van der Waals surface area contributed by atoms with E-state index in [1.54, 1.807) is 7.05 Å². The molecular weight excluding hydrogens is 332 g/mol. The Balaban J connectivity index is 1.58. The van der Waals surface area contributed by atoms with Crippen molar-refractivity contribution >= 4 is 11.9 Å². The van der Waals surface area contributed by atoms with Crippen LogP contribution in [0.5, 0.6) is 11.5 Å². The molecule has 2 heterocycles. The van der Waals surface area contributed by atoms with Gasteiger partial charge in [0.1, 0.15) is 0 Å². The second kappa shape index (κ2) is 8.78. The van der Waals surface area contributed by atoms with E-state index in [9.17, 15) is 4.79 Å². The largest absolute Gasteiger partial charge is 0.454 e. The Bertz CT molecular complexity index is 654. The molecule has 2 aliphatic rings. The molecule has 1 aromatic rings. The Morgan fingerprint density at radius 1 is 1.27 bits per heavy atom. The summed E-state index contributed by atoms with van der Waals surface area (Å²) in [6, 6.07) is 5.95. The number of likely N-dealkylation sites (tertiary alicyclic amines) is 1. The lowest BCUT2D eigenvalue weighted by molar-refractivity contribution is -0.121. The van der Waals surface area contributed by atoms with Crippen molar-refractivity contribution in [3.05, 3.63) is 23.8 Å². The Hall–Kier alpha value is -2.44. The molecule has 0 unspecified atom stereocenters. The third kappa shape index (κ3) is 4.59. The van der Waals surface area contributed by atoms with E-state index in [4.69, 9.17) is 14.5 Å². The number of guanidine groups is 1. The molecule has 1 fully saturated rings. The van der Waals surface area contributed by atoms with E-state index in [1.807, 2.05) is 18.2 Å². The standard InChI is InChI=1S/C19H28N4O3/c1-3-21-19(23-8-6-14(7-9-23)11-18(24)20-2)22-12-15-4-5-16-17(10-15)26-13-25-16/h4-5,10,14H,3,6-9,11-13H2,1-2H3,(H,20,24)(H,21,22). The van der Waals surface area contributed by atoms with E-state index in [-0.39, 0.29) is 12.7 Å². The quantitative estimate of drug-likeness (QED) is 0.618. The molecule has 0 spiro atoms. The van der Waals surface area contributed by atoms with Crippen LogP contribution in [0.25, 0.3) is 0 Å². The van der Waals surface area contributed by atoms with Gasteiger partial charge in [-0.3, -0.25) is 4.79 Å². The molecule has 0 radical (unpaired) electrons. The first-order chi connectivity index (χ1) is 12.7. The van der Waals surface area contributed by atoms with Gasteiger partial charge in [0.05, 0.1) is 6.54 Å². The van der Waals surface area contributed by atoms with Crippen molar-refractivity contribution < 1.29 is 14.3 Å². The lowest BCUT2D eigenvalue weighted by Gasteiger charge is -2.34. The molecular formula is C19H28N4O3. The lowest BCUT2D eigenvalue weighted by atomic mass is 9.93. The molecule has 0 atom stereocenters. The van der Waals surface area contributed by atoms with Gasteiger partial charge in [0, 0.05) is 33.1 Å². The summed E-state index contributed by atoms with van der Waals surface area (Å²) in [6.45, 7) is 5.64. The van der Waals surface area contributed by atoms with Crippen LogP contribution in [-0.2, 0) is 11.3 Å². The van der Waals surface area contributed by atoms with E-state index < -0.39 is 0 Å². The average Bonchev–Trinajstić information content (AvgIpc) is 3.13. The number of amides is 1. The van der Waals surface area contributed by atoms with E-state index in [0.29, 0.717) is 18.9 Å². The number of nitrogens with one attached hydrogen (secondary N) is 2. The molecule has 0 bridgehead atoms. The number of benzene rings is 1. The van der Waals surface area contributed by atoms with Crippen LogP contribution in [-0.4, -0.2) is 50.2 Å². The molecule has 0 saturated carbocycles. The van der Waals surface area contributed by atoms with Crippen LogP contribution in [0.15, 0.2) is 23.2 Å². The monoisotopic (exact) mass is 360 g/mol. The average molecular weight is 360 g/mol. The van der Waals surface area contributed by atoms with E-state index in [0.717, 1.165) is 55.5 Å². The van der Waals surface area contributed by atoms with Crippen molar-refractivity contribution in [2.45, 2.75) is 32.7 Å². The fraction of sp³-hybridized carbons (Fsp3) is 0.579. The Labute approximate surface area is 154 Å². The topological polar surface area (TPSA) is 75.2 Å². The summed E-state index contributed by atoms with van der Waals surface area (Å²) in [5.74, 6) is 3.11. The molecule has 0 aliphatic carbocycles. The first kappa shape index (κ1) is 18.4. The number of hydrogen-bond acceptors (Lipinski definition) is 4. The minimum atomic E-state index is 0.131. The minimum Gasteiger partial charge on any atom is -0.454 e. The highest BCUT2D eigenvalue weighted by molar-refractivity contribution is 5.80. The van der Waals surface area contributed by atoms with E-state index in [1.165, 1.54) is 0 Å². The van der Waals surface area contributed by atoms with Crippen LogP contribution in [0.2, 0.25) is 0 Å². The number of ether oxygens (including phenoxy) is 2. The summed E-state index contributed by atoms with van der Waals surface area (Å²) in [5.41, 5.74) is 1.10. The van der Waals surface area contributed by atoms with E-state index in [2.05, 4.69) is 22.5 Å². The maximum absolute atomic E-state index is 11.6. The third-order valence-electron chi connectivity index (χ3n) is 4.85. The molecule has 7 heteroatoms. The highest BCUT2D eigenvalue weighted by Crippen LogP contribution is 2.32. The van der Waals surface area contributed by atoms with Crippen molar-refractivity contribution in [1.29, 1.82) is 0 Å². The highest BCUT2D eigenvalue weighted by atomic mass is 16.7. The first-order valence-corrected chi connectivity index (χ1v) is 9.32. The number of nitrogens with zero attached hydrogens (tertiary/aromatic N) is 2. The number of aliphatic imine (C=N–C) groups is 1. The second-order valence-electron chi connectivity index (χ2n) is 6.67. The van der Waals surface area contributed by atoms with Gasteiger partial charge in [0.25, 0.3) is 0 Å². The zero-order chi connectivity index (χ0) is 18.4. The molecule has 1 aromatic carbocycles. The lowest BCUT2D eigenvalue weighted by Crippen LogP contribution is -2.46. The van der Waals surface area contributed by atoms with E-state index >= 15 is 0 Å². The number of fused-ring (bicyclic) bond motifs is 1. The molecule has 7 nitrogen and oxygen atoms in total. The summed E-state index contributed by atoms with van der Waals surface area (Å²) >= 11 is 0. The van der Waals surface area contributed by atoms with Gasteiger partial charge in [0.2, 0.25) is 12.7 Å².